The van der Waals surface area contributed by atoms with Gasteiger partial charge in [-0.1, -0.05) is 18.2 Å². The molecule has 4 heterocycles. The highest BCUT2D eigenvalue weighted by atomic mass is 32.2. The standard InChI is InChI=1S/C26H25N7O4S/c27-25-24-20(30-38(35,36)31-25)7-3-9-22(24)37-15-17-5-4-12-32(14-17)26(34)18-10-11-28-23(13-18)33-16-29-19-6-1-2-8-21(19)33/h1-3,6-11,13,16-17,30H,4-5,12,14-15H2,(H2,27,31). The topological polar surface area (TPSA) is 145 Å². The number of nitrogens with two attached hydrogens (primary N) is 1. The molecule has 4 aromatic rings. The van der Waals surface area contributed by atoms with Gasteiger partial charge in [0, 0.05) is 30.8 Å². The zero-order chi connectivity index (χ0) is 26.3. The normalized spacial score (nSPS) is 18.4. The van der Waals surface area contributed by atoms with Gasteiger partial charge in [-0.25, -0.2) is 9.97 Å². The molecule has 0 spiro atoms. The molecule has 1 saturated heterocycles. The molecule has 0 aliphatic carbocycles. The number of pyridine rings is 1. The Morgan fingerprint density at radius 1 is 1.13 bits per heavy atom. The van der Waals surface area contributed by atoms with Crippen LogP contribution in [0.3, 0.4) is 0 Å². The molecule has 0 bridgehead atoms. The number of rotatable bonds is 5. The van der Waals surface area contributed by atoms with Crippen LogP contribution in [0.25, 0.3) is 16.9 Å². The summed E-state index contributed by atoms with van der Waals surface area (Å²) in [5.41, 5.74) is 9.00. The SMILES string of the molecule is NC1=NS(=O)(=O)Nc2cccc(OCC3CCCN(C(=O)c4ccnc(-n5cnc6ccccc65)c4)C3)c21. The van der Waals surface area contributed by atoms with Gasteiger partial charge in [0.05, 0.1) is 28.9 Å². The third kappa shape index (κ3) is 4.54. The average molecular weight is 532 g/mol. The van der Waals surface area contributed by atoms with Crippen molar-refractivity contribution in [3.63, 3.8) is 0 Å². The van der Waals surface area contributed by atoms with Crippen molar-refractivity contribution in [3.05, 3.63) is 78.2 Å². The molecule has 2 aliphatic heterocycles. The summed E-state index contributed by atoms with van der Waals surface area (Å²) < 4.78 is 37.5. The van der Waals surface area contributed by atoms with Crippen molar-refractivity contribution in [3.8, 4) is 11.6 Å². The van der Waals surface area contributed by atoms with Gasteiger partial charge in [0.15, 0.2) is 5.84 Å². The second kappa shape index (κ2) is 9.45. The summed E-state index contributed by atoms with van der Waals surface area (Å²) in [6.07, 6.45) is 5.10. The summed E-state index contributed by atoms with van der Waals surface area (Å²) in [7, 11) is -3.87. The minimum atomic E-state index is -3.87. The predicted octanol–water partition coefficient (Wildman–Crippen LogP) is 2.73. The molecule has 12 heteroatoms. The number of nitrogens with zero attached hydrogens (tertiary/aromatic N) is 5. The Balaban J connectivity index is 1.16. The molecule has 194 valence electrons. The first-order valence-electron chi connectivity index (χ1n) is 12.2. The number of ether oxygens (including phenoxy) is 1. The van der Waals surface area contributed by atoms with Crippen molar-refractivity contribution in [2.24, 2.45) is 16.0 Å². The van der Waals surface area contributed by atoms with Gasteiger partial charge < -0.3 is 15.4 Å². The van der Waals surface area contributed by atoms with Crippen molar-refractivity contribution >= 4 is 38.7 Å². The van der Waals surface area contributed by atoms with E-state index >= 15 is 0 Å². The maximum Gasteiger partial charge on any atom is 0.344 e. The lowest BCUT2D eigenvalue weighted by atomic mass is 9.98. The second-order valence-corrected chi connectivity index (χ2v) is 10.6. The van der Waals surface area contributed by atoms with Gasteiger partial charge in [0.25, 0.3) is 5.91 Å². The molecule has 2 aliphatic rings. The number of amidine groups is 1. The zero-order valence-corrected chi connectivity index (χ0v) is 21.1. The Kier molecular flexibility index (Phi) is 5.95. The van der Waals surface area contributed by atoms with Crippen molar-refractivity contribution in [1.82, 2.24) is 19.4 Å². The summed E-state index contributed by atoms with van der Waals surface area (Å²) in [4.78, 5) is 24.2. The quantitative estimate of drug-likeness (QED) is 0.403. The highest BCUT2D eigenvalue weighted by Gasteiger charge is 2.28. The number of benzene rings is 2. The summed E-state index contributed by atoms with van der Waals surface area (Å²) in [6, 6.07) is 16.3. The monoisotopic (exact) mass is 531 g/mol. The molecule has 0 radical (unpaired) electrons. The Labute approximate surface area is 219 Å². The van der Waals surface area contributed by atoms with Crippen molar-refractivity contribution in [2.75, 3.05) is 24.4 Å². The molecule has 38 heavy (non-hydrogen) atoms. The minimum Gasteiger partial charge on any atom is -0.492 e. The molecule has 1 unspecified atom stereocenters. The number of aromatic nitrogens is 3. The summed E-state index contributed by atoms with van der Waals surface area (Å²) in [5, 5.41) is 0. The molecular weight excluding hydrogens is 506 g/mol. The van der Waals surface area contributed by atoms with Gasteiger partial charge in [-0.3, -0.25) is 14.1 Å². The van der Waals surface area contributed by atoms with Crippen LogP contribution in [-0.4, -0.2) is 59.3 Å². The van der Waals surface area contributed by atoms with Gasteiger partial charge in [0.2, 0.25) is 0 Å². The van der Waals surface area contributed by atoms with Crippen LogP contribution in [-0.2, 0) is 10.2 Å². The lowest BCUT2D eigenvalue weighted by Gasteiger charge is -2.33. The van der Waals surface area contributed by atoms with E-state index in [1.807, 2.05) is 33.7 Å². The molecule has 1 fully saturated rings. The number of hydrogen-bond acceptors (Lipinski definition) is 7. The number of anilines is 1. The van der Waals surface area contributed by atoms with E-state index in [1.165, 1.54) is 0 Å². The predicted molar refractivity (Wildman–Crippen MR) is 143 cm³/mol. The summed E-state index contributed by atoms with van der Waals surface area (Å²) in [5.74, 6) is 0.992. The van der Waals surface area contributed by atoms with Crippen LogP contribution in [0, 0.1) is 5.92 Å². The number of piperidine rings is 1. The molecule has 1 atom stereocenters. The van der Waals surface area contributed by atoms with E-state index in [2.05, 4.69) is 19.1 Å². The van der Waals surface area contributed by atoms with Gasteiger partial charge in [0.1, 0.15) is 17.9 Å². The lowest BCUT2D eigenvalue weighted by molar-refractivity contribution is 0.0633. The van der Waals surface area contributed by atoms with E-state index in [0.717, 1.165) is 23.9 Å². The summed E-state index contributed by atoms with van der Waals surface area (Å²) in [6.45, 7) is 1.54. The molecular formula is C26H25N7O4S. The van der Waals surface area contributed by atoms with Crippen LogP contribution < -0.4 is 15.2 Å². The number of likely N-dealkylation sites (tertiary alicyclic amines) is 1. The second-order valence-electron chi connectivity index (χ2n) is 9.31. The van der Waals surface area contributed by atoms with Crippen LogP contribution in [0.2, 0.25) is 0 Å². The number of para-hydroxylation sites is 2. The van der Waals surface area contributed by atoms with Crippen LogP contribution in [0.1, 0.15) is 28.8 Å². The number of carbonyl (C=O) groups excluding carboxylic acids is 1. The molecule has 6 rings (SSSR count). The van der Waals surface area contributed by atoms with Gasteiger partial charge in [-0.05, 0) is 49.2 Å². The fourth-order valence-electron chi connectivity index (χ4n) is 4.94. The smallest absolute Gasteiger partial charge is 0.344 e. The number of amides is 1. The van der Waals surface area contributed by atoms with Crippen LogP contribution in [0.5, 0.6) is 5.75 Å². The number of carbonyl (C=O) groups is 1. The number of nitrogens with one attached hydrogen (secondary N) is 1. The minimum absolute atomic E-state index is 0.0642. The zero-order valence-electron chi connectivity index (χ0n) is 20.3. The van der Waals surface area contributed by atoms with E-state index in [-0.39, 0.29) is 17.7 Å². The number of imidazole rings is 1. The van der Waals surface area contributed by atoms with Gasteiger partial charge >= 0.3 is 10.2 Å². The van der Waals surface area contributed by atoms with Crippen molar-refractivity contribution in [2.45, 2.75) is 12.8 Å². The highest BCUT2D eigenvalue weighted by Crippen LogP contribution is 2.31. The Bertz CT molecular complexity index is 1680. The first-order valence-corrected chi connectivity index (χ1v) is 13.6. The third-order valence-corrected chi connectivity index (χ3v) is 7.63. The molecule has 1 amide bonds. The van der Waals surface area contributed by atoms with Gasteiger partial charge in [-0.2, -0.15) is 8.42 Å². The van der Waals surface area contributed by atoms with Crippen LogP contribution in [0.15, 0.2) is 71.5 Å². The number of hydrogen-bond donors (Lipinski definition) is 2. The van der Waals surface area contributed by atoms with E-state index < -0.39 is 10.2 Å². The lowest BCUT2D eigenvalue weighted by Crippen LogP contribution is -2.41. The summed E-state index contributed by atoms with van der Waals surface area (Å²) >= 11 is 0. The fraction of sp³-hybridized carbons (Fsp3) is 0.231. The molecule has 2 aromatic carbocycles. The van der Waals surface area contributed by atoms with E-state index in [1.54, 1.807) is 42.9 Å². The van der Waals surface area contributed by atoms with Crippen LogP contribution in [0.4, 0.5) is 5.69 Å². The Morgan fingerprint density at radius 3 is 2.89 bits per heavy atom. The average Bonchev–Trinajstić information content (AvgIpc) is 3.35. The van der Waals surface area contributed by atoms with E-state index in [0.29, 0.717) is 48.1 Å². The Hall–Kier alpha value is -4.45. The third-order valence-electron chi connectivity index (χ3n) is 6.71. The van der Waals surface area contributed by atoms with Crippen molar-refractivity contribution in [1.29, 1.82) is 0 Å². The largest absolute Gasteiger partial charge is 0.492 e. The Morgan fingerprint density at radius 2 is 2.00 bits per heavy atom. The van der Waals surface area contributed by atoms with E-state index in [4.69, 9.17) is 10.5 Å². The number of fused-ring (bicyclic) bond motifs is 2. The maximum absolute atomic E-state index is 13.4. The van der Waals surface area contributed by atoms with Gasteiger partial charge in [-0.15, -0.1) is 4.40 Å². The highest BCUT2D eigenvalue weighted by molar-refractivity contribution is 7.91. The van der Waals surface area contributed by atoms with Crippen molar-refractivity contribution < 1.29 is 17.9 Å². The molecule has 2 aromatic heterocycles. The molecule has 0 saturated carbocycles. The first kappa shape index (κ1) is 23.9. The maximum atomic E-state index is 13.4. The van der Waals surface area contributed by atoms with Crippen LogP contribution >= 0.6 is 0 Å². The molecule has 11 nitrogen and oxygen atoms in total. The fourth-order valence-corrected chi connectivity index (χ4v) is 5.78. The van der Waals surface area contributed by atoms with E-state index in [9.17, 15) is 13.2 Å². The first-order chi connectivity index (χ1) is 18.4. The molecule has 3 N–H and O–H groups in total.